The van der Waals surface area contributed by atoms with E-state index in [9.17, 15) is 23.1 Å². The van der Waals surface area contributed by atoms with Crippen molar-refractivity contribution in [2.75, 3.05) is 0 Å². The van der Waals surface area contributed by atoms with Crippen LogP contribution in [0.25, 0.3) is 16.9 Å². The molecule has 1 atom stereocenters. The van der Waals surface area contributed by atoms with Crippen molar-refractivity contribution in [3.05, 3.63) is 101 Å². The fourth-order valence-electron chi connectivity index (χ4n) is 3.88. The van der Waals surface area contributed by atoms with Gasteiger partial charge in [-0.2, -0.15) is 13.2 Å². The highest BCUT2D eigenvalue weighted by molar-refractivity contribution is 7.27. The number of carbonyl (C=O) groups is 1. The van der Waals surface area contributed by atoms with Gasteiger partial charge >= 0.3 is 12.1 Å². The number of hydrogen-bond donors (Lipinski definition) is 1. The second-order valence-corrected chi connectivity index (χ2v) is 8.91. The number of rotatable bonds is 6. The van der Waals surface area contributed by atoms with E-state index in [-0.39, 0.29) is 23.5 Å². The second kappa shape index (κ2) is 9.59. The van der Waals surface area contributed by atoms with Gasteiger partial charge in [-0.15, -0.1) is 9.24 Å². The molecule has 4 aromatic rings. The van der Waals surface area contributed by atoms with Gasteiger partial charge in [0.2, 0.25) is 0 Å². The Kier molecular flexibility index (Phi) is 6.73. The van der Waals surface area contributed by atoms with Gasteiger partial charge in [0, 0.05) is 16.9 Å². The highest BCUT2D eigenvalue weighted by Crippen LogP contribution is 2.39. The summed E-state index contributed by atoms with van der Waals surface area (Å²) in [5, 5.41) is 10.6. The molecule has 4 nitrogen and oxygen atoms in total. The molecule has 4 rings (SSSR count). The van der Waals surface area contributed by atoms with E-state index in [1.165, 1.54) is 12.1 Å². The van der Waals surface area contributed by atoms with Gasteiger partial charge in [0.15, 0.2) is 0 Å². The van der Waals surface area contributed by atoms with E-state index in [0.29, 0.717) is 16.9 Å². The first-order valence-corrected chi connectivity index (χ1v) is 11.3. The molecule has 8 heteroatoms. The lowest BCUT2D eigenvalue weighted by molar-refractivity contribution is -0.137. The summed E-state index contributed by atoms with van der Waals surface area (Å²) in [4.78, 5) is 11.7. The van der Waals surface area contributed by atoms with Crippen molar-refractivity contribution in [3.63, 3.8) is 0 Å². The van der Waals surface area contributed by atoms with E-state index >= 15 is 0 Å². The number of nitrogens with zero attached hydrogens (tertiary/aromatic N) is 1. The molecule has 35 heavy (non-hydrogen) atoms. The molecule has 0 fully saturated rings. The Labute approximate surface area is 203 Å². The first-order chi connectivity index (χ1) is 16.5. The van der Waals surface area contributed by atoms with Gasteiger partial charge in [0.1, 0.15) is 12.4 Å². The number of carboxylic acids is 1. The minimum absolute atomic E-state index is 0.125. The highest BCUT2D eigenvalue weighted by atomic mass is 31.0. The van der Waals surface area contributed by atoms with Crippen molar-refractivity contribution in [1.82, 2.24) is 4.57 Å². The standard InChI is InChI=1S/C27H23F3NO3P/c1-16-3-8-20(14-22(16)26(32)33)31-17(2)4-11-24(31)23-13-19(27(28,29)30)7-12-25(23)34-15-18-5-9-21(35)10-6-18/h3-14H,15,35H2,1-2H3,(H,32,33). The van der Waals surface area contributed by atoms with Crippen molar-refractivity contribution in [3.8, 4) is 22.7 Å². The molecule has 0 bridgehead atoms. The average Bonchev–Trinajstić information content (AvgIpc) is 3.19. The van der Waals surface area contributed by atoms with E-state index < -0.39 is 17.7 Å². The number of aromatic carboxylic acids is 1. The molecule has 1 aromatic heterocycles. The molecular weight excluding hydrogens is 474 g/mol. The number of ether oxygens (including phenoxy) is 1. The zero-order valence-electron chi connectivity index (χ0n) is 19.1. The third-order valence-corrected chi connectivity index (χ3v) is 6.13. The van der Waals surface area contributed by atoms with Gasteiger partial charge in [0.05, 0.1) is 16.8 Å². The Bertz CT molecular complexity index is 1390. The molecule has 0 aliphatic rings. The van der Waals surface area contributed by atoms with Gasteiger partial charge in [0.25, 0.3) is 0 Å². The van der Waals surface area contributed by atoms with Crippen LogP contribution in [0.5, 0.6) is 5.75 Å². The van der Waals surface area contributed by atoms with Crippen LogP contribution in [0.2, 0.25) is 0 Å². The predicted octanol–water partition coefficient (Wildman–Crippen LogP) is 6.56. The first kappa shape index (κ1) is 24.6. The molecule has 0 saturated heterocycles. The second-order valence-electron chi connectivity index (χ2n) is 8.24. The molecular formula is C27H23F3NO3P. The fraction of sp³-hybridized carbons (Fsp3) is 0.148. The lowest BCUT2D eigenvalue weighted by Gasteiger charge is -2.18. The Morgan fingerprint density at radius 1 is 0.971 bits per heavy atom. The van der Waals surface area contributed by atoms with Crippen LogP contribution in [0, 0.1) is 13.8 Å². The first-order valence-electron chi connectivity index (χ1n) is 10.8. The molecule has 1 unspecified atom stereocenters. The number of alkyl halides is 3. The van der Waals surface area contributed by atoms with Crippen molar-refractivity contribution in [1.29, 1.82) is 0 Å². The van der Waals surface area contributed by atoms with Gasteiger partial charge in [-0.05, 0) is 72.7 Å². The molecule has 1 N–H and O–H groups in total. The quantitative estimate of drug-likeness (QED) is 0.307. The number of hydrogen-bond acceptors (Lipinski definition) is 2. The van der Waals surface area contributed by atoms with Crippen molar-refractivity contribution in [2.45, 2.75) is 26.6 Å². The van der Waals surface area contributed by atoms with Crippen LogP contribution >= 0.6 is 9.24 Å². The van der Waals surface area contributed by atoms with Gasteiger partial charge in [-0.3, -0.25) is 0 Å². The van der Waals surface area contributed by atoms with Crippen LogP contribution in [0.1, 0.15) is 32.7 Å². The number of benzene rings is 3. The average molecular weight is 497 g/mol. The van der Waals surface area contributed by atoms with Crippen LogP contribution in [-0.4, -0.2) is 15.6 Å². The maximum Gasteiger partial charge on any atom is 0.416 e. The Hall–Kier alpha value is -3.57. The summed E-state index contributed by atoms with van der Waals surface area (Å²) in [5.74, 6) is -0.784. The number of aryl methyl sites for hydroxylation is 2. The smallest absolute Gasteiger partial charge is 0.416 e. The van der Waals surface area contributed by atoms with Crippen LogP contribution in [0.3, 0.4) is 0 Å². The minimum Gasteiger partial charge on any atom is -0.488 e. The zero-order valence-corrected chi connectivity index (χ0v) is 20.2. The highest BCUT2D eigenvalue weighted by Gasteiger charge is 2.32. The Morgan fingerprint density at radius 2 is 1.69 bits per heavy atom. The molecule has 0 radical (unpaired) electrons. The topological polar surface area (TPSA) is 51.5 Å². The van der Waals surface area contributed by atoms with E-state index in [2.05, 4.69) is 9.24 Å². The minimum atomic E-state index is -4.53. The molecule has 0 saturated carbocycles. The third kappa shape index (κ3) is 5.25. The predicted molar refractivity (Wildman–Crippen MR) is 133 cm³/mol. The van der Waals surface area contributed by atoms with Crippen LogP contribution < -0.4 is 10.0 Å². The number of halogens is 3. The van der Waals surface area contributed by atoms with E-state index in [1.54, 1.807) is 35.8 Å². The maximum absolute atomic E-state index is 13.6. The van der Waals surface area contributed by atoms with Crippen molar-refractivity contribution in [2.24, 2.45) is 0 Å². The van der Waals surface area contributed by atoms with Crippen LogP contribution in [0.15, 0.2) is 72.8 Å². The molecule has 0 aliphatic carbocycles. The van der Waals surface area contributed by atoms with Gasteiger partial charge in [-0.1, -0.05) is 30.3 Å². The molecule has 0 spiro atoms. The summed E-state index contributed by atoms with van der Waals surface area (Å²) in [7, 11) is 2.59. The van der Waals surface area contributed by atoms with Crippen LogP contribution in [0.4, 0.5) is 13.2 Å². The number of aromatic nitrogens is 1. The maximum atomic E-state index is 13.6. The normalized spacial score (nSPS) is 11.5. The molecule has 3 aromatic carbocycles. The molecule has 0 amide bonds. The van der Waals surface area contributed by atoms with E-state index in [0.717, 1.165) is 28.7 Å². The largest absolute Gasteiger partial charge is 0.488 e. The van der Waals surface area contributed by atoms with Crippen molar-refractivity contribution < 1.29 is 27.8 Å². The van der Waals surface area contributed by atoms with Gasteiger partial charge < -0.3 is 14.4 Å². The number of carboxylic acid groups (broad SMARTS) is 1. The molecule has 1 heterocycles. The SMILES string of the molecule is Cc1ccc(-n2c(C)ccc2-c2cc(C(F)(F)F)ccc2OCc2ccc(P)cc2)cc1C(=O)O. The van der Waals surface area contributed by atoms with Gasteiger partial charge in [-0.25, -0.2) is 4.79 Å². The molecule has 0 aliphatic heterocycles. The third-order valence-electron chi connectivity index (χ3n) is 5.74. The van der Waals surface area contributed by atoms with Crippen molar-refractivity contribution >= 4 is 20.5 Å². The summed E-state index contributed by atoms with van der Waals surface area (Å²) < 4.78 is 48.5. The van der Waals surface area contributed by atoms with Crippen LogP contribution in [-0.2, 0) is 12.8 Å². The molecule has 180 valence electrons. The lowest BCUT2D eigenvalue weighted by atomic mass is 10.0. The zero-order chi connectivity index (χ0) is 25.3. The lowest BCUT2D eigenvalue weighted by Crippen LogP contribution is -2.08. The Balaban J connectivity index is 1.83. The summed E-state index contributed by atoms with van der Waals surface area (Å²) in [6.45, 7) is 3.68. The monoisotopic (exact) mass is 497 g/mol. The fourth-order valence-corrected chi connectivity index (χ4v) is 4.07. The van der Waals surface area contributed by atoms with E-state index in [4.69, 9.17) is 4.74 Å². The summed E-state index contributed by atoms with van der Waals surface area (Å²) in [6.07, 6.45) is -4.53. The summed E-state index contributed by atoms with van der Waals surface area (Å²) in [5.41, 5.74) is 2.78. The summed E-state index contributed by atoms with van der Waals surface area (Å²) >= 11 is 0. The Morgan fingerprint density at radius 3 is 2.34 bits per heavy atom. The van der Waals surface area contributed by atoms with E-state index in [1.807, 2.05) is 31.2 Å². The summed E-state index contributed by atoms with van der Waals surface area (Å²) in [6, 6.07) is 19.4.